The van der Waals surface area contributed by atoms with Crippen molar-refractivity contribution in [3.8, 4) is 0 Å². The molecule has 1 rings (SSSR count). The van der Waals surface area contributed by atoms with Crippen molar-refractivity contribution in [2.45, 2.75) is 20.0 Å². The summed E-state index contributed by atoms with van der Waals surface area (Å²) in [4.78, 5) is 0. The van der Waals surface area contributed by atoms with Crippen LogP contribution in [0.25, 0.3) is 0 Å². The Hall–Kier alpha value is -0.790. The normalized spacial score (nSPS) is 11.8. The molecular formula is C9H11FO2P+. The average Bonchev–Trinajstić information content (AvgIpc) is 2.04. The summed E-state index contributed by atoms with van der Waals surface area (Å²) < 4.78 is 28.9. The predicted molar refractivity (Wildman–Crippen MR) is 49.9 cm³/mol. The summed E-state index contributed by atoms with van der Waals surface area (Å²) in [6.07, 6.45) is -0.0892. The largest absolute Gasteiger partial charge is 0.548 e. The van der Waals surface area contributed by atoms with Crippen molar-refractivity contribution >= 4 is 13.3 Å². The van der Waals surface area contributed by atoms with Gasteiger partial charge in [-0.1, -0.05) is 0 Å². The van der Waals surface area contributed by atoms with Crippen LogP contribution in [0.1, 0.15) is 13.8 Å². The van der Waals surface area contributed by atoms with Crippen LogP contribution < -0.4 is 5.30 Å². The lowest BCUT2D eigenvalue weighted by atomic mass is 10.4. The Morgan fingerprint density at radius 3 is 2.31 bits per heavy atom. The van der Waals surface area contributed by atoms with Crippen molar-refractivity contribution in [3.05, 3.63) is 30.1 Å². The minimum atomic E-state index is -1.84. The van der Waals surface area contributed by atoms with Crippen molar-refractivity contribution in [3.63, 3.8) is 0 Å². The van der Waals surface area contributed by atoms with Gasteiger partial charge in [0.15, 0.2) is 0 Å². The molecule has 0 aliphatic heterocycles. The van der Waals surface area contributed by atoms with E-state index in [1.807, 2.05) is 0 Å². The third-order valence-electron chi connectivity index (χ3n) is 1.34. The topological polar surface area (TPSA) is 26.3 Å². The van der Waals surface area contributed by atoms with Crippen LogP contribution in [0.4, 0.5) is 4.39 Å². The first kappa shape index (κ1) is 10.3. The number of halogens is 1. The lowest BCUT2D eigenvalue weighted by Gasteiger charge is -1.93. The molecule has 13 heavy (non-hydrogen) atoms. The molecule has 1 aromatic rings. The highest BCUT2D eigenvalue weighted by molar-refractivity contribution is 7.48. The van der Waals surface area contributed by atoms with Crippen LogP contribution in [-0.4, -0.2) is 6.10 Å². The number of benzene rings is 1. The Morgan fingerprint density at radius 1 is 1.31 bits per heavy atom. The molecule has 0 aromatic heterocycles. The van der Waals surface area contributed by atoms with E-state index in [2.05, 4.69) is 0 Å². The second-order valence-corrected chi connectivity index (χ2v) is 4.13. The fourth-order valence-corrected chi connectivity index (χ4v) is 1.71. The Kier molecular flexibility index (Phi) is 3.52. The summed E-state index contributed by atoms with van der Waals surface area (Å²) in [5.74, 6) is -0.336. The van der Waals surface area contributed by atoms with Crippen LogP contribution in [0.3, 0.4) is 0 Å². The van der Waals surface area contributed by atoms with Crippen LogP contribution in [0, 0.1) is 5.82 Å². The monoisotopic (exact) mass is 201 g/mol. The molecule has 0 aliphatic rings. The van der Waals surface area contributed by atoms with Crippen molar-refractivity contribution in [1.29, 1.82) is 0 Å². The SMILES string of the molecule is CC(C)O[P+](=O)c1ccc(F)cc1. The number of rotatable bonds is 3. The van der Waals surface area contributed by atoms with Crippen molar-refractivity contribution in [1.82, 2.24) is 0 Å². The number of hydrogen-bond donors (Lipinski definition) is 0. The molecule has 0 aliphatic carbocycles. The summed E-state index contributed by atoms with van der Waals surface area (Å²) in [6, 6.07) is 5.48. The van der Waals surface area contributed by atoms with Gasteiger partial charge in [0.1, 0.15) is 11.9 Å². The van der Waals surface area contributed by atoms with Crippen molar-refractivity contribution in [2.75, 3.05) is 0 Å². The van der Waals surface area contributed by atoms with E-state index in [1.54, 1.807) is 13.8 Å². The molecule has 0 amide bonds. The molecule has 0 N–H and O–H groups in total. The number of hydrogen-bond acceptors (Lipinski definition) is 2. The Labute approximate surface area is 77.6 Å². The van der Waals surface area contributed by atoms with Crippen LogP contribution in [0.2, 0.25) is 0 Å². The third-order valence-corrected chi connectivity index (χ3v) is 2.68. The lowest BCUT2D eigenvalue weighted by molar-refractivity contribution is 0.261. The second kappa shape index (κ2) is 4.45. The molecule has 70 valence electrons. The molecule has 1 unspecified atom stereocenters. The molecule has 0 spiro atoms. The van der Waals surface area contributed by atoms with Gasteiger partial charge in [0.2, 0.25) is 5.30 Å². The van der Waals surface area contributed by atoms with E-state index in [0.29, 0.717) is 5.30 Å². The summed E-state index contributed by atoms with van der Waals surface area (Å²) >= 11 is 0. The van der Waals surface area contributed by atoms with E-state index in [-0.39, 0.29) is 11.9 Å². The van der Waals surface area contributed by atoms with Gasteiger partial charge in [-0.3, -0.25) is 0 Å². The maximum atomic E-state index is 12.5. The van der Waals surface area contributed by atoms with Gasteiger partial charge in [-0.15, -0.1) is 4.52 Å². The molecule has 1 aromatic carbocycles. The van der Waals surface area contributed by atoms with Crippen molar-refractivity contribution < 1.29 is 13.5 Å². The van der Waals surface area contributed by atoms with Gasteiger partial charge < -0.3 is 0 Å². The summed E-state index contributed by atoms with van der Waals surface area (Å²) in [6.45, 7) is 3.60. The van der Waals surface area contributed by atoms with E-state index < -0.39 is 8.03 Å². The summed E-state index contributed by atoms with van der Waals surface area (Å²) in [7, 11) is -1.84. The van der Waals surface area contributed by atoms with Gasteiger partial charge in [-0.05, 0) is 42.7 Å². The standard InChI is InChI=1S/C9H11FO2P/c1-7(2)12-13(11)9-5-3-8(10)4-6-9/h3-7H,1-2H3/q+1. The van der Waals surface area contributed by atoms with Gasteiger partial charge in [0.05, 0.1) is 0 Å². The minimum absolute atomic E-state index is 0.0892. The smallest absolute Gasteiger partial charge is 0.207 e. The molecule has 0 heterocycles. The minimum Gasteiger partial charge on any atom is -0.207 e. The van der Waals surface area contributed by atoms with Crippen molar-refractivity contribution in [2.24, 2.45) is 0 Å². The molecule has 0 saturated carbocycles. The first-order chi connectivity index (χ1) is 6.09. The molecule has 2 nitrogen and oxygen atoms in total. The van der Waals surface area contributed by atoms with Crippen LogP contribution in [0.15, 0.2) is 24.3 Å². The van der Waals surface area contributed by atoms with Gasteiger partial charge >= 0.3 is 8.03 Å². The zero-order valence-corrected chi connectivity index (χ0v) is 8.42. The predicted octanol–water partition coefficient (Wildman–Crippen LogP) is 2.62. The molecule has 0 radical (unpaired) electrons. The van der Waals surface area contributed by atoms with Gasteiger partial charge in [-0.2, -0.15) is 0 Å². The summed E-state index contributed by atoms with van der Waals surface area (Å²) in [5, 5.41) is 0.519. The maximum Gasteiger partial charge on any atom is 0.548 e. The van der Waals surface area contributed by atoms with E-state index in [0.717, 1.165) is 0 Å². The Bertz CT molecular complexity index is 295. The molecule has 4 heteroatoms. The van der Waals surface area contributed by atoms with Crippen LogP contribution in [0.5, 0.6) is 0 Å². The lowest BCUT2D eigenvalue weighted by Crippen LogP contribution is -2.02. The Morgan fingerprint density at radius 2 is 1.85 bits per heavy atom. The highest BCUT2D eigenvalue weighted by Gasteiger charge is 2.23. The molecule has 0 saturated heterocycles. The summed E-state index contributed by atoms with van der Waals surface area (Å²) in [5.41, 5.74) is 0. The van der Waals surface area contributed by atoms with Gasteiger partial charge in [0.25, 0.3) is 0 Å². The highest BCUT2D eigenvalue weighted by Crippen LogP contribution is 2.23. The quantitative estimate of drug-likeness (QED) is 0.702. The third kappa shape index (κ3) is 3.21. The first-order valence-corrected chi connectivity index (χ1v) is 5.17. The van der Waals surface area contributed by atoms with Crippen LogP contribution >= 0.6 is 8.03 Å². The van der Waals surface area contributed by atoms with Gasteiger partial charge in [0, 0.05) is 0 Å². The molecular weight excluding hydrogens is 190 g/mol. The van der Waals surface area contributed by atoms with E-state index in [4.69, 9.17) is 4.52 Å². The Balaban J connectivity index is 2.72. The zero-order valence-electron chi connectivity index (χ0n) is 7.53. The van der Waals surface area contributed by atoms with E-state index >= 15 is 0 Å². The van der Waals surface area contributed by atoms with E-state index in [9.17, 15) is 8.96 Å². The molecule has 1 atom stereocenters. The van der Waals surface area contributed by atoms with Gasteiger partial charge in [-0.25, -0.2) is 4.39 Å². The first-order valence-electron chi connectivity index (χ1n) is 3.99. The fraction of sp³-hybridized carbons (Fsp3) is 0.333. The molecule has 0 bridgehead atoms. The second-order valence-electron chi connectivity index (χ2n) is 2.89. The fourth-order valence-electron chi connectivity index (χ4n) is 0.815. The van der Waals surface area contributed by atoms with Crippen LogP contribution in [-0.2, 0) is 9.09 Å². The average molecular weight is 201 g/mol. The van der Waals surface area contributed by atoms with E-state index in [1.165, 1.54) is 24.3 Å². The highest BCUT2D eigenvalue weighted by atomic mass is 31.1. The zero-order chi connectivity index (χ0) is 9.84. The maximum absolute atomic E-state index is 12.5. The molecule has 0 fully saturated rings.